The van der Waals surface area contributed by atoms with Crippen LogP contribution in [-0.4, -0.2) is 29.9 Å². The number of hydrogen-bond acceptors (Lipinski definition) is 3. The van der Waals surface area contributed by atoms with Crippen LogP contribution in [0.15, 0.2) is 48.5 Å². The van der Waals surface area contributed by atoms with Crippen molar-refractivity contribution in [1.29, 1.82) is 0 Å². The zero-order valence-electron chi connectivity index (χ0n) is 15.7. The van der Waals surface area contributed by atoms with Crippen molar-refractivity contribution in [1.82, 2.24) is 4.90 Å². The molecule has 152 valence electrons. The fourth-order valence-corrected chi connectivity index (χ4v) is 4.10. The fourth-order valence-electron chi connectivity index (χ4n) is 4.10. The van der Waals surface area contributed by atoms with Crippen molar-refractivity contribution in [2.24, 2.45) is 0 Å². The average Bonchev–Trinajstić information content (AvgIpc) is 2.98. The smallest absolute Gasteiger partial charge is 0.416 e. The van der Waals surface area contributed by atoms with Crippen LogP contribution in [0, 0.1) is 0 Å². The Hall–Kier alpha value is -2.83. The van der Waals surface area contributed by atoms with Gasteiger partial charge in [-0.3, -0.25) is 4.79 Å². The number of halogens is 3. The molecule has 2 heterocycles. The van der Waals surface area contributed by atoms with Crippen LogP contribution in [0.2, 0.25) is 0 Å². The maximum atomic E-state index is 12.6. The lowest BCUT2D eigenvalue weighted by Gasteiger charge is -2.38. The van der Waals surface area contributed by atoms with Crippen molar-refractivity contribution < 1.29 is 27.5 Å². The van der Waals surface area contributed by atoms with Crippen molar-refractivity contribution in [3.63, 3.8) is 0 Å². The number of nitrogens with zero attached hydrogens (tertiary/aromatic N) is 1. The maximum Gasteiger partial charge on any atom is 0.416 e. The van der Waals surface area contributed by atoms with Gasteiger partial charge in [-0.1, -0.05) is 30.3 Å². The van der Waals surface area contributed by atoms with E-state index in [0.29, 0.717) is 43.5 Å². The lowest BCUT2D eigenvalue weighted by atomic mass is 9.83. The molecule has 2 aliphatic rings. The van der Waals surface area contributed by atoms with Gasteiger partial charge in [-0.05, 0) is 30.2 Å². The Bertz CT molecular complexity index is 929. The molecule has 0 saturated carbocycles. The molecule has 0 N–H and O–H groups in total. The standard InChI is InChI=1S/C22H20F3NO3/c23-22(24,25)16-8-5-15(6-9-16)7-10-19(27)26-13-11-21(12-14-26)18-4-2-1-3-17(18)20(28)29-21/h1-6,8-9H,7,10-14H2. The quantitative estimate of drug-likeness (QED) is 0.717. The molecule has 7 heteroatoms. The molecule has 29 heavy (non-hydrogen) atoms. The molecule has 0 atom stereocenters. The molecule has 0 unspecified atom stereocenters. The van der Waals surface area contributed by atoms with E-state index < -0.39 is 17.3 Å². The molecule has 0 radical (unpaired) electrons. The van der Waals surface area contributed by atoms with E-state index in [4.69, 9.17) is 4.74 Å². The third-order valence-corrected chi connectivity index (χ3v) is 5.76. The highest BCUT2D eigenvalue weighted by atomic mass is 19.4. The predicted molar refractivity (Wildman–Crippen MR) is 99.1 cm³/mol. The zero-order chi connectivity index (χ0) is 20.6. The van der Waals surface area contributed by atoms with Gasteiger partial charge in [0.05, 0.1) is 11.1 Å². The van der Waals surface area contributed by atoms with E-state index >= 15 is 0 Å². The third kappa shape index (κ3) is 3.73. The molecule has 1 fully saturated rings. The SMILES string of the molecule is O=C1OC2(CCN(C(=O)CCc3ccc(C(F)(F)F)cc3)CC2)c2ccccc21. The predicted octanol–water partition coefficient (Wildman–Crippen LogP) is 4.33. The van der Waals surface area contributed by atoms with Gasteiger partial charge >= 0.3 is 12.1 Å². The van der Waals surface area contributed by atoms with Crippen molar-refractivity contribution in [3.8, 4) is 0 Å². The molecule has 0 aromatic heterocycles. The second-order valence-corrected chi connectivity index (χ2v) is 7.50. The Morgan fingerprint density at radius 3 is 2.34 bits per heavy atom. The van der Waals surface area contributed by atoms with E-state index in [1.807, 2.05) is 12.1 Å². The minimum atomic E-state index is -4.36. The number of likely N-dealkylation sites (tertiary alicyclic amines) is 1. The van der Waals surface area contributed by atoms with Gasteiger partial charge in [0.25, 0.3) is 0 Å². The molecule has 2 aromatic carbocycles. The Morgan fingerprint density at radius 1 is 1.03 bits per heavy atom. The molecule has 4 rings (SSSR count). The summed E-state index contributed by atoms with van der Waals surface area (Å²) in [6, 6.07) is 12.2. The monoisotopic (exact) mass is 403 g/mol. The first-order valence-electron chi connectivity index (χ1n) is 9.55. The summed E-state index contributed by atoms with van der Waals surface area (Å²) in [5, 5.41) is 0. The minimum absolute atomic E-state index is 0.0441. The molecule has 1 spiro atoms. The molecular weight excluding hydrogens is 383 g/mol. The summed E-state index contributed by atoms with van der Waals surface area (Å²) in [4.78, 5) is 26.4. The lowest BCUT2D eigenvalue weighted by Crippen LogP contribution is -2.45. The molecule has 0 aliphatic carbocycles. The number of hydrogen-bond donors (Lipinski definition) is 0. The van der Waals surface area contributed by atoms with Gasteiger partial charge in [-0.25, -0.2) is 4.79 Å². The van der Waals surface area contributed by atoms with Gasteiger partial charge in [-0.2, -0.15) is 13.2 Å². The number of fused-ring (bicyclic) bond motifs is 2. The molecule has 0 bridgehead atoms. The van der Waals surface area contributed by atoms with E-state index in [0.717, 1.165) is 17.7 Å². The summed E-state index contributed by atoms with van der Waals surface area (Å²) in [6.45, 7) is 0.959. The largest absolute Gasteiger partial charge is 0.450 e. The summed E-state index contributed by atoms with van der Waals surface area (Å²) in [5.41, 5.74) is 0.827. The van der Waals surface area contributed by atoms with E-state index in [1.54, 1.807) is 17.0 Å². The van der Waals surface area contributed by atoms with E-state index in [9.17, 15) is 22.8 Å². The van der Waals surface area contributed by atoms with E-state index in [1.165, 1.54) is 12.1 Å². The number of carbonyl (C=O) groups is 2. The number of rotatable bonds is 3. The van der Waals surface area contributed by atoms with Crippen LogP contribution >= 0.6 is 0 Å². The first-order valence-corrected chi connectivity index (χ1v) is 9.55. The average molecular weight is 403 g/mol. The maximum absolute atomic E-state index is 12.6. The number of piperidine rings is 1. The van der Waals surface area contributed by atoms with Crippen LogP contribution in [-0.2, 0) is 27.7 Å². The highest BCUT2D eigenvalue weighted by Gasteiger charge is 2.47. The van der Waals surface area contributed by atoms with Crippen LogP contribution in [0.5, 0.6) is 0 Å². The summed E-state index contributed by atoms with van der Waals surface area (Å²) in [5.74, 6) is -0.361. The second kappa shape index (κ2) is 7.21. The second-order valence-electron chi connectivity index (χ2n) is 7.50. The van der Waals surface area contributed by atoms with Crippen molar-refractivity contribution in [2.75, 3.05) is 13.1 Å². The summed E-state index contributed by atoms with van der Waals surface area (Å²) < 4.78 is 43.6. The Balaban J connectivity index is 1.34. The Kier molecular flexibility index (Phi) is 4.84. The molecule has 1 amide bonds. The normalized spacial score (nSPS) is 17.9. The molecule has 2 aliphatic heterocycles. The molecular formula is C22H20F3NO3. The van der Waals surface area contributed by atoms with Gasteiger partial charge in [0.1, 0.15) is 5.60 Å². The van der Waals surface area contributed by atoms with Crippen molar-refractivity contribution in [3.05, 3.63) is 70.8 Å². The van der Waals surface area contributed by atoms with Gasteiger partial charge in [0.2, 0.25) is 5.91 Å². The first kappa shape index (κ1) is 19.5. The first-order chi connectivity index (χ1) is 13.8. The number of amides is 1. The van der Waals surface area contributed by atoms with E-state index in [2.05, 4.69) is 0 Å². The number of alkyl halides is 3. The highest BCUT2D eigenvalue weighted by Crippen LogP contribution is 2.44. The Labute approximate surface area is 166 Å². The van der Waals surface area contributed by atoms with E-state index in [-0.39, 0.29) is 18.3 Å². The highest BCUT2D eigenvalue weighted by molar-refractivity contribution is 5.94. The van der Waals surface area contributed by atoms with Crippen LogP contribution in [0.1, 0.15) is 46.3 Å². The summed E-state index contributed by atoms with van der Waals surface area (Å²) in [6.07, 6.45) is -2.66. The number of benzene rings is 2. The Morgan fingerprint density at radius 2 is 1.69 bits per heavy atom. The zero-order valence-corrected chi connectivity index (χ0v) is 15.7. The third-order valence-electron chi connectivity index (χ3n) is 5.76. The number of aryl methyl sites for hydroxylation is 1. The van der Waals surface area contributed by atoms with Crippen LogP contribution in [0.25, 0.3) is 0 Å². The number of esters is 1. The fraction of sp³-hybridized carbons (Fsp3) is 0.364. The van der Waals surface area contributed by atoms with Crippen LogP contribution in [0.4, 0.5) is 13.2 Å². The van der Waals surface area contributed by atoms with Crippen LogP contribution < -0.4 is 0 Å². The molecule has 1 saturated heterocycles. The summed E-state index contributed by atoms with van der Waals surface area (Å²) >= 11 is 0. The minimum Gasteiger partial charge on any atom is -0.450 e. The van der Waals surface area contributed by atoms with Gasteiger partial charge in [-0.15, -0.1) is 0 Å². The molecule has 4 nitrogen and oxygen atoms in total. The topological polar surface area (TPSA) is 46.6 Å². The van der Waals surface area contributed by atoms with Gasteiger partial charge in [0, 0.05) is 37.9 Å². The lowest BCUT2D eigenvalue weighted by molar-refractivity contribution is -0.138. The van der Waals surface area contributed by atoms with Gasteiger partial charge < -0.3 is 9.64 Å². The molecule has 2 aromatic rings. The number of ether oxygens (including phenoxy) is 1. The van der Waals surface area contributed by atoms with Crippen LogP contribution in [0.3, 0.4) is 0 Å². The summed E-state index contributed by atoms with van der Waals surface area (Å²) in [7, 11) is 0. The number of carbonyl (C=O) groups excluding carboxylic acids is 2. The van der Waals surface area contributed by atoms with Gasteiger partial charge in [0.15, 0.2) is 0 Å². The van der Waals surface area contributed by atoms with Crippen molar-refractivity contribution in [2.45, 2.75) is 37.5 Å². The van der Waals surface area contributed by atoms with Crippen molar-refractivity contribution >= 4 is 11.9 Å².